The maximum atomic E-state index is 12.9. The molecule has 2 N–H and O–H groups in total. The minimum Gasteiger partial charge on any atom is -0.391 e. The number of carbonyl (C=O) groups is 1. The highest BCUT2D eigenvalue weighted by Gasteiger charge is 2.33. The van der Waals surface area contributed by atoms with E-state index in [4.69, 9.17) is 0 Å². The van der Waals surface area contributed by atoms with Gasteiger partial charge < -0.3 is 15.3 Å². The van der Waals surface area contributed by atoms with E-state index in [9.17, 15) is 9.90 Å². The smallest absolute Gasteiger partial charge is 0.169 e. The van der Waals surface area contributed by atoms with Gasteiger partial charge in [0.2, 0.25) is 0 Å². The average molecular weight is 431 g/mol. The molecule has 1 aliphatic carbocycles. The summed E-state index contributed by atoms with van der Waals surface area (Å²) in [4.78, 5) is 32.7. The van der Waals surface area contributed by atoms with E-state index in [1.165, 1.54) is 0 Å². The number of aryl methyl sites for hydroxylation is 1. The molecule has 0 aromatic carbocycles. The van der Waals surface area contributed by atoms with Gasteiger partial charge in [0.1, 0.15) is 11.6 Å². The summed E-state index contributed by atoms with van der Waals surface area (Å²) in [6, 6.07) is 5.66. The zero-order chi connectivity index (χ0) is 22.1. The fourth-order valence-corrected chi connectivity index (χ4v) is 4.08. The second-order valence-electron chi connectivity index (χ2n) is 8.61. The molecule has 3 aromatic heterocycles. The van der Waals surface area contributed by atoms with E-state index in [2.05, 4.69) is 30.2 Å². The van der Waals surface area contributed by atoms with Crippen molar-refractivity contribution in [2.45, 2.75) is 38.7 Å². The first-order valence-corrected chi connectivity index (χ1v) is 11.1. The Labute approximate surface area is 186 Å². The van der Waals surface area contributed by atoms with Gasteiger partial charge in [-0.15, -0.1) is 0 Å². The Morgan fingerprint density at radius 3 is 2.78 bits per heavy atom. The number of rotatable bonds is 6. The van der Waals surface area contributed by atoms with Gasteiger partial charge in [0.15, 0.2) is 11.6 Å². The normalized spacial score (nSPS) is 18.4. The molecule has 0 amide bonds. The van der Waals surface area contributed by atoms with Crippen molar-refractivity contribution in [2.75, 3.05) is 23.3 Å². The van der Waals surface area contributed by atoms with Crippen molar-refractivity contribution in [1.29, 1.82) is 0 Å². The van der Waals surface area contributed by atoms with Crippen LogP contribution in [0.1, 0.15) is 41.6 Å². The standard InChI is InChI=1S/C24H26N6O2/c1-15-9-17(12-25-11-15)24-26-7-6-21(29-24)28-22-10-20(30-8-2-3-18(31)14-30)19(13-27-22)23(32)16-4-5-16/h6-7,9-13,16,18,31H,2-5,8,14H2,1H3,(H,26,27,28,29)/t18-/m0/s1. The number of β-amino-alcohol motifs (C(OH)–C–C–N with tert-alkyl or cyclic N) is 1. The third kappa shape index (κ3) is 4.45. The Kier molecular flexibility index (Phi) is 5.53. The van der Waals surface area contributed by atoms with Crippen LogP contribution in [0.4, 0.5) is 17.3 Å². The first-order chi connectivity index (χ1) is 15.6. The fraction of sp³-hybridized carbons (Fsp3) is 0.375. The summed E-state index contributed by atoms with van der Waals surface area (Å²) in [5.41, 5.74) is 3.35. The first kappa shape index (κ1) is 20.5. The lowest BCUT2D eigenvalue weighted by Crippen LogP contribution is -2.39. The van der Waals surface area contributed by atoms with E-state index in [0.29, 0.717) is 29.6 Å². The SMILES string of the molecule is Cc1cncc(-c2nccc(Nc3cc(N4CCC[C@H](O)C4)c(C(=O)C4CC4)cn3)n2)c1. The van der Waals surface area contributed by atoms with Gasteiger partial charge in [-0.05, 0) is 50.3 Å². The molecule has 1 atom stereocenters. The van der Waals surface area contributed by atoms with Gasteiger partial charge in [-0.25, -0.2) is 15.0 Å². The molecular weight excluding hydrogens is 404 g/mol. The highest BCUT2D eigenvalue weighted by Crippen LogP contribution is 2.37. The molecule has 2 aliphatic rings. The van der Waals surface area contributed by atoms with Crippen LogP contribution in [0.15, 0.2) is 43.0 Å². The average Bonchev–Trinajstić information content (AvgIpc) is 3.64. The van der Waals surface area contributed by atoms with Crippen molar-refractivity contribution >= 4 is 23.1 Å². The number of ketones is 1. The zero-order valence-electron chi connectivity index (χ0n) is 18.0. The second-order valence-corrected chi connectivity index (χ2v) is 8.61. The predicted molar refractivity (Wildman–Crippen MR) is 122 cm³/mol. The summed E-state index contributed by atoms with van der Waals surface area (Å²) < 4.78 is 0. The number of aromatic nitrogens is 4. The predicted octanol–water partition coefficient (Wildman–Crippen LogP) is 3.54. The molecule has 164 valence electrons. The van der Waals surface area contributed by atoms with Crippen LogP contribution in [-0.4, -0.2) is 50.0 Å². The molecule has 1 saturated carbocycles. The number of Topliss-reactive ketones (excluding diaryl/α,β-unsaturated/α-hetero) is 1. The molecule has 5 rings (SSSR count). The number of pyridine rings is 2. The van der Waals surface area contributed by atoms with Crippen LogP contribution in [0.25, 0.3) is 11.4 Å². The van der Waals surface area contributed by atoms with Crippen molar-refractivity contribution in [3.05, 3.63) is 54.1 Å². The third-order valence-corrected chi connectivity index (χ3v) is 5.88. The summed E-state index contributed by atoms with van der Waals surface area (Å²) in [5, 5.41) is 13.4. The van der Waals surface area contributed by atoms with Gasteiger partial charge in [0, 0.05) is 55.4 Å². The van der Waals surface area contributed by atoms with Crippen LogP contribution >= 0.6 is 0 Å². The van der Waals surface area contributed by atoms with E-state index < -0.39 is 0 Å². The van der Waals surface area contributed by atoms with E-state index in [1.54, 1.807) is 30.9 Å². The zero-order valence-corrected chi connectivity index (χ0v) is 18.0. The van der Waals surface area contributed by atoms with Crippen molar-refractivity contribution in [2.24, 2.45) is 5.92 Å². The number of nitrogens with one attached hydrogen (secondary N) is 1. The fourth-order valence-electron chi connectivity index (χ4n) is 4.08. The number of hydrogen-bond acceptors (Lipinski definition) is 8. The van der Waals surface area contributed by atoms with Gasteiger partial charge in [-0.2, -0.15) is 0 Å². The minimum atomic E-state index is -0.385. The number of carbonyl (C=O) groups excluding carboxylic acids is 1. The van der Waals surface area contributed by atoms with E-state index in [0.717, 1.165) is 49.0 Å². The monoisotopic (exact) mass is 430 g/mol. The van der Waals surface area contributed by atoms with Gasteiger partial charge in [-0.1, -0.05) is 0 Å². The Morgan fingerprint density at radius 1 is 1.12 bits per heavy atom. The Bertz CT molecular complexity index is 1150. The van der Waals surface area contributed by atoms with Crippen LogP contribution in [0.3, 0.4) is 0 Å². The lowest BCUT2D eigenvalue weighted by atomic mass is 10.0. The number of nitrogens with zero attached hydrogens (tertiary/aromatic N) is 5. The molecule has 0 bridgehead atoms. The molecule has 8 nitrogen and oxygen atoms in total. The molecule has 2 fully saturated rings. The Morgan fingerprint density at radius 2 is 2.00 bits per heavy atom. The summed E-state index contributed by atoms with van der Waals surface area (Å²) in [6.07, 6.45) is 10.1. The summed E-state index contributed by atoms with van der Waals surface area (Å²) >= 11 is 0. The van der Waals surface area contributed by atoms with Crippen LogP contribution in [-0.2, 0) is 0 Å². The van der Waals surface area contributed by atoms with Crippen molar-refractivity contribution in [3.63, 3.8) is 0 Å². The van der Waals surface area contributed by atoms with E-state index in [1.807, 2.05) is 19.1 Å². The third-order valence-electron chi connectivity index (χ3n) is 5.88. The largest absolute Gasteiger partial charge is 0.391 e. The number of aliphatic hydroxyl groups excluding tert-OH is 1. The van der Waals surface area contributed by atoms with Gasteiger partial charge in [-0.3, -0.25) is 9.78 Å². The topological polar surface area (TPSA) is 104 Å². The maximum Gasteiger partial charge on any atom is 0.169 e. The molecule has 0 unspecified atom stereocenters. The summed E-state index contributed by atoms with van der Waals surface area (Å²) in [6.45, 7) is 3.31. The second kappa shape index (κ2) is 8.63. The molecule has 1 saturated heterocycles. The molecule has 3 aromatic rings. The number of aliphatic hydroxyl groups is 1. The molecular formula is C24H26N6O2. The molecule has 4 heterocycles. The van der Waals surface area contributed by atoms with Crippen molar-refractivity contribution in [3.8, 4) is 11.4 Å². The van der Waals surface area contributed by atoms with Crippen LogP contribution in [0, 0.1) is 12.8 Å². The highest BCUT2D eigenvalue weighted by molar-refractivity contribution is 6.04. The maximum absolute atomic E-state index is 12.9. The molecule has 1 aliphatic heterocycles. The molecule has 0 spiro atoms. The van der Waals surface area contributed by atoms with Crippen LogP contribution < -0.4 is 10.2 Å². The van der Waals surface area contributed by atoms with Crippen LogP contribution in [0.5, 0.6) is 0 Å². The van der Waals surface area contributed by atoms with Crippen molar-refractivity contribution < 1.29 is 9.90 Å². The number of hydrogen-bond donors (Lipinski definition) is 2. The number of anilines is 3. The lowest BCUT2D eigenvalue weighted by Gasteiger charge is -2.33. The van der Waals surface area contributed by atoms with Gasteiger partial charge in [0.25, 0.3) is 0 Å². The minimum absolute atomic E-state index is 0.108. The van der Waals surface area contributed by atoms with E-state index >= 15 is 0 Å². The molecule has 32 heavy (non-hydrogen) atoms. The van der Waals surface area contributed by atoms with Crippen LogP contribution in [0.2, 0.25) is 0 Å². The summed E-state index contributed by atoms with van der Waals surface area (Å²) in [7, 11) is 0. The summed E-state index contributed by atoms with van der Waals surface area (Å²) in [5.74, 6) is 2.03. The van der Waals surface area contributed by atoms with Gasteiger partial charge >= 0.3 is 0 Å². The molecule has 0 radical (unpaired) electrons. The van der Waals surface area contributed by atoms with E-state index in [-0.39, 0.29) is 17.8 Å². The molecule has 8 heteroatoms. The quantitative estimate of drug-likeness (QED) is 0.572. The number of piperidine rings is 1. The Balaban J connectivity index is 1.44. The van der Waals surface area contributed by atoms with Crippen molar-refractivity contribution in [1.82, 2.24) is 19.9 Å². The first-order valence-electron chi connectivity index (χ1n) is 11.1. The Hall–Kier alpha value is -3.39. The lowest BCUT2D eigenvalue weighted by molar-refractivity contribution is 0.0967. The van der Waals surface area contributed by atoms with Gasteiger partial charge in [0.05, 0.1) is 17.4 Å². The highest BCUT2D eigenvalue weighted by atomic mass is 16.3.